The molecule has 23 heavy (non-hydrogen) atoms. The van der Waals surface area contributed by atoms with Gasteiger partial charge in [-0.15, -0.1) is 0 Å². The van der Waals surface area contributed by atoms with Crippen LogP contribution in [0.1, 0.15) is 13.3 Å². The zero-order valence-electron chi connectivity index (χ0n) is 12.3. The van der Waals surface area contributed by atoms with Crippen LogP contribution < -0.4 is 5.32 Å². The van der Waals surface area contributed by atoms with Crippen molar-refractivity contribution in [1.29, 1.82) is 0 Å². The molecule has 1 amide bonds. The maximum atomic E-state index is 11.6. The molecular formula is C16H13N3O4. The molecular weight excluding hydrogens is 298 g/mol. The standard InChI is InChI=1S/C16H13N3O4/c1-2-15(20)17-12-6-4-3-5-11(12)16-18-13-9-10(19(21)22)7-8-14(13)23-16/h3-9H,2H2,1H3,(H,17,20). The number of aromatic nitrogens is 1. The molecule has 2 aromatic carbocycles. The maximum absolute atomic E-state index is 11.6. The molecule has 3 aromatic rings. The molecule has 0 spiro atoms. The van der Waals surface area contributed by atoms with E-state index in [4.69, 9.17) is 4.42 Å². The van der Waals surface area contributed by atoms with E-state index < -0.39 is 4.92 Å². The number of fused-ring (bicyclic) bond motifs is 1. The van der Waals surface area contributed by atoms with Crippen LogP contribution >= 0.6 is 0 Å². The number of anilines is 1. The summed E-state index contributed by atoms with van der Waals surface area (Å²) >= 11 is 0. The van der Waals surface area contributed by atoms with Crippen molar-refractivity contribution in [1.82, 2.24) is 4.98 Å². The number of carbonyl (C=O) groups excluding carboxylic acids is 1. The lowest BCUT2D eigenvalue weighted by molar-refractivity contribution is -0.384. The van der Waals surface area contributed by atoms with Crippen LogP contribution in [-0.2, 0) is 4.79 Å². The third-order valence-corrected chi connectivity index (χ3v) is 3.33. The number of hydrogen-bond acceptors (Lipinski definition) is 5. The molecule has 7 heteroatoms. The molecule has 7 nitrogen and oxygen atoms in total. The number of nitrogens with one attached hydrogen (secondary N) is 1. The number of oxazole rings is 1. The molecule has 1 N–H and O–H groups in total. The molecule has 0 bridgehead atoms. The van der Waals surface area contributed by atoms with Crippen molar-refractivity contribution in [2.45, 2.75) is 13.3 Å². The molecule has 0 aliphatic rings. The van der Waals surface area contributed by atoms with Gasteiger partial charge < -0.3 is 9.73 Å². The topological polar surface area (TPSA) is 98.3 Å². The number of carbonyl (C=O) groups is 1. The summed E-state index contributed by atoms with van der Waals surface area (Å²) in [5, 5.41) is 13.6. The van der Waals surface area contributed by atoms with Gasteiger partial charge in [0, 0.05) is 18.6 Å². The van der Waals surface area contributed by atoms with Crippen molar-refractivity contribution in [3.05, 3.63) is 52.6 Å². The minimum atomic E-state index is -0.483. The van der Waals surface area contributed by atoms with Gasteiger partial charge >= 0.3 is 0 Å². The van der Waals surface area contributed by atoms with E-state index in [1.165, 1.54) is 18.2 Å². The fourth-order valence-electron chi connectivity index (χ4n) is 2.16. The average Bonchev–Trinajstić information content (AvgIpc) is 2.98. The van der Waals surface area contributed by atoms with E-state index in [1.54, 1.807) is 31.2 Å². The van der Waals surface area contributed by atoms with Crippen molar-refractivity contribution >= 4 is 28.4 Å². The highest BCUT2D eigenvalue weighted by Gasteiger charge is 2.15. The Morgan fingerprint density at radius 2 is 2.09 bits per heavy atom. The Kier molecular flexibility index (Phi) is 3.76. The SMILES string of the molecule is CCC(=O)Nc1ccccc1-c1nc2cc([N+](=O)[O-])ccc2o1. The Labute approximate surface area is 131 Å². The molecule has 0 aliphatic carbocycles. The Morgan fingerprint density at radius 3 is 2.83 bits per heavy atom. The maximum Gasteiger partial charge on any atom is 0.271 e. The summed E-state index contributed by atoms with van der Waals surface area (Å²) < 4.78 is 5.66. The van der Waals surface area contributed by atoms with E-state index in [1.807, 2.05) is 0 Å². The second-order valence-electron chi connectivity index (χ2n) is 4.88. The fraction of sp³-hybridized carbons (Fsp3) is 0.125. The molecule has 0 fully saturated rings. The van der Waals surface area contributed by atoms with Crippen molar-refractivity contribution in [2.24, 2.45) is 0 Å². The van der Waals surface area contributed by atoms with Gasteiger partial charge in [-0.25, -0.2) is 4.98 Å². The molecule has 116 valence electrons. The summed E-state index contributed by atoms with van der Waals surface area (Å²) in [7, 11) is 0. The van der Waals surface area contributed by atoms with Crippen molar-refractivity contribution in [3.8, 4) is 11.5 Å². The van der Waals surface area contributed by atoms with E-state index >= 15 is 0 Å². The van der Waals surface area contributed by atoms with Crippen LogP contribution in [0.2, 0.25) is 0 Å². The molecule has 0 saturated carbocycles. The number of amides is 1. The summed E-state index contributed by atoms with van der Waals surface area (Å²) in [6.07, 6.45) is 0.355. The first kappa shape index (κ1) is 14.7. The Hall–Kier alpha value is -3.22. The van der Waals surface area contributed by atoms with Gasteiger partial charge in [-0.05, 0) is 18.2 Å². The van der Waals surface area contributed by atoms with Gasteiger partial charge in [-0.3, -0.25) is 14.9 Å². The zero-order chi connectivity index (χ0) is 16.4. The lowest BCUT2D eigenvalue weighted by atomic mass is 10.1. The second kappa shape index (κ2) is 5.88. The first-order chi connectivity index (χ1) is 11.1. The van der Waals surface area contributed by atoms with Gasteiger partial charge in [-0.1, -0.05) is 19.1 Å². The highest BCUT2D eigenvalue weighted by Crippen LogP contribution is 2.31. The van der Waals surface area contributed by atoms with E-state index in [-0.39, 0.29) is 11.6 Å². The zero-order valence-corrected chi connectivity index (χ0v) is 12.3. The monoisotopic (exact) mass is 311 g/mol. The number of hydrogen-bond donors (Lipinski definition) is 1. The van der Waals surface area contributed by atoms with Crippen LogP contribution in [0.25, 0.3) is 22.6 Å². The van der Waals surface area contributed by atoms with E-state index in [2.05, 4.69) is 10.3 Å². The molecule has 1 heterocycles. The number of nitrogens with zero attached hydrogens (tertiary/aromatic N) is 2. The van der Waals surface area contributed by atoms with Crippen LogP contribution in [0.15, 0.2) is 46.9 Å². The van der Waals surface area contributed by atoms with Gasteiger partial charge in [0.15, 0.2) is 5.58 Å². The lowest BCUT2D eigenvalue weighted by Gasteiger charge is -2.07. The summed E-state index contributed by atoms with van der Waals surface area (Å²) in [4.78, 5) is 26.3. The summed E-state index contributed by atoms with van der Waals surface area (Å²) in [6.45, 7) is 1.76. The smallest absolute Gasteiger partial charge is 0.271 e. The predicted octanol–water partition coefficient (Wildman–Crippen LogP) is 3.75. The number of rotatable bonds is 4. The fourth-order valence-corrected chi connectivity index (χ4v) is 2.16. The number of non-ortho nitro benzene ring substituents is 1. The molecule has 0 unspecified atom stereocenters. The average molecular weight is 311 g/mol. The minimum Gasteiger partial charge on any atom is -0.436 e. The normalized spacial score (nSPS) is 10.7. The minimum absolute atomic E-state index is 0.0510. The molecule has 3 rings (SSSR count). The Balaban J connectivity index is 2.06. The summed E-state index contributed by atoms with van der Waals surface area (Å²) in [5.41, 5.74) is 1.99. The van der Waals surface area contributed by atoms with Gasteiger partial charge in [0.05, 0.1) is 16.2 Å². The first-order valence-corrected chi connectivity index (χ1v) is 7.02. The van der Waals surface area contributed by atoms with Crippen LogP contribution in [0, 0.1) is 10.1 Å². The number of nitro groups is 1. The second-order valence-corrected chi connectivity index (χ2v) is 4.88. The predicted molar refractivity (Wildman–Crippen MR) is 85.0 cm³/mol. The Morgan fingerprint density at radius 1 is 1.30 bits per heavy atom. The molecule has 0 radical (unpaired) electrons. The molecule has 0 aliphatic heterocycles. The number of benzene rings is 2. The van der Waals surface area contributed by atoms with Gasteiger partial charge in [0.25, 0.3) is 5.69 Å². The van der Waals surface area contributed by atoms with Gasteiger partial charge in [0.1, 0.15) is 5.52 Å². The largest absolute Gasteiger partial charge is 0.436 e. The first-order valence-electron chi connectivity index (χ1n) is 7.02. The van der Waals surface area contributed by atoms with Gasteiger partial charge in [0.2, 0.25) is 11.8 Å². The summed E-state index contributed by atoms with van der Waals surface area (Å²) in [6, 6.07) is 11.3. The van der Waals surface area contributed by atoms with E-state index in [9.17, 15) is 14.9 Å². The van der Waals surface area contributed by atoms with Crippen LogP contribution in [0.3, 0.4) is 0 Å². The molecule has 0 saturated heterocycles. The van der Waals surface area contributed by atoms with E-state index in [0.29, 0.717) is 34.7 Å². The third-order valence-electron chi connectivity index (χ3n) is 3.33. The van der Waals surface area contributed by atoms with Crippen LogP contribution in [0.4, 0.5) is 11.4 Å². The van der Waals surface area contributed by atoms with Crippen LogP contribution in [0.5, 0.6) is 0 Å². The third kappa shape index (κ3) is 2.89. The van der Waals surface area contributed by atoms with Gasteiger partial charge in [-0.2, -0.15) is 0 Å². The van der Waals surface area contributed by atoms with Crippen molar-refractivity contribution in [3.63, 3.8) is 0 Å². The highest BCUT2D eigenvalue weighted by atomic mass is 16.6. The Bertz CT molecular complexity index is 901. The van der Waals surface area contributed by atoms with Crippen molar-refractivity contribution < 1.29 is 14.1 Å². The highest BCUT2D eigenvalue weighted by molar-refractivity contribution is 5.94. The molecule has 0 atom stereocenters. The molecule has 1 aromatic heterocycles. The number of para-hydroxylation sites is 1. The summed E-state index contributed by atoms with van der Waals surface area (Å²) in [5.74, 6) is 0.177. The van der Waals surface area contributed by atoms with Crippen LogP contribution in [-0.4, -0.2) is 15.8 Å². The quantitative estimate of drug-likeness (QED) is 0.584. The lowest BCUT2D eigenvalue weighted by Crippen LogP contribution is -2.10. The number of nitro benzene ring substituents is 1. The van der Waals surface area contributed by atoms with Crippen molar-refractivity contribution in [2.75, 3.05) is 5.32 Å². The van der Waals surface area contributed by atoms with E-state index in [0.717, 1.165) is 0 Å².